The van der Waals surface area contributed by atoms with Gasteiger partial charge in [-0.2, -0.15) is 5.10 Å². The van der Waals surface area contributed by atoms with E-state index in [0.717, 1.165) is 10.4 Å². The molecule has 0 saturated carbocycles. The fourth-order valence-corrected chi connectivity index (χ4v) is 4.39. The van der Waals surface area contributed by atoms with Gasteiger partial charge in [0.25, 0.3) is 5.91 Å². The Morgan fingerprint density at radius 2 is 1.93 bits per heavy atom. The van der Waals surface area contributed by atoms with E-state index in [0.29, 0.717) is 17.8 Å². The third kappa shape index (κ3) is 3.26. The number of hydrogen-bond acceptors (Lipinski definition) is 4. The minimum atomic E-state index is -0.871. The molecule has 1 N–H and O–H groups in total. The summed E-state index contributed by atoms with van der Waals surface area (Å²) in [7, 11) is 1.78. The van der Waals surface area contributed by atoms with Crippen LogP contribution in [-0.2, 0) is 11.8 Å². The molecular weight excluding hydrogens is 362 g/mol. The molecule has 1 aliphatic rings. The van der Waals surface area contributed by atoms with Gasteiger partial charge in [0.15, 0.2) is 0 Å². The Morgan fingerprint density at radius 3 is 2.59 bits per heavy atom. The van der Waals surface area contributed by atoms with Crippen LogP contribution in [0.3, 0.4) is 0 Å². The zero-order chi connectivity index (χ0) is 19.0. The average Bonchev–Trinajstić information content (AvgIpc) is 3.40. The minimum Gasteiger partial charge on any atom is -0.481 e. The number of carboxylic acid groups (broad SMARTS) is 1. The summed E-state index contributed by atoms with van der Waals surface area (Å²) in [6.07, 6.45) is 1.71. The van der Waals surface area contributed by atoms with Crippen LogP contribution in [0.2, 0.25) is 0 Å². The first kappa shape index (κ1) is 17.5. The molecule has 1 aromatic carbocycles. The van der Waals surface area contributed by atoms with E-state index in [-0.39, 0.29) is 18.4 Å². The molecular formula is C20H19N3O3S. The largest absolute Gasteiger partial charge is 0.481 e. The molecule has 138 valence electrons. The van der Waals surface area contributed by atoms with E-state index in [2.05, 4.69) is 5.10 Å². The summed E-state index contributed by atoms with van der Waals surface area (Å²) in [5.74, 6) is -1.87. The fourth-order valence-electron chi connectivity index (χ4n) is 3.67. The molecule has 3 aromatic rings. The van der Waals surface area contributed by atoms with Crippen molar-refractivity contribution in [2.45, 2.75) is 5.92 Å². The van der Waals surface area contributed by atoms with Gasteiger partial charge < -0.3 is 10.0 Å². The van der Waals surface area contributed by atoms with Gasteiger partial charge in [-0.05, 0) is 17.0 Å². The summed E-state index contributed by atoms with van der Waals surface area (Å²) in [4.78, 5) is 27.6. The van der Waals surface area contributed by atoms with Gasteiger partial charge in [-0.3, -0.25) is 14.3 Å². The molecule has 1 aliphatic heterocycles. The Kier molecular flexibility index (Phi) is 4.53. The van der Waals surface area contributed by atoms with E-state index in [9.17, 15) is 14.7 Å². The lowest BCUT2D eigenvalue weighted by Crippen LogP contribution is -2.30. The van der Waals surface area contributed by atoms with Crippen molar-refractivity contribution in [1.82, 2.24) is 14.7 Å². The van der Waals surface area contributed by atoms with Crippen molar-refractivity contribution >= 4 is 23.2 Å². The standard InChI is InChI=1S/C20H19N3O3S/c1-22-10-16(18(21-22)17-8-5-9-27-17)19(24)23-11-14(15(12-23)20(25)26)13-6-3-2-4-7-13/h2-10,14-15H,11-12H2,1H3,(H,25,26)/t14-,15-/m0/s1. The molecule has 0 aliphatic carbocycles. The van der Waals surface area contributed by atoms with Crippen LogP contribution in [0.5, 0.6) is 0 Å². The summed E-state index contributed by atoms with van der Waals surface area (Å²) in [5, 5.41) is 16.1. The summed E-state index contributed by atoms with van der Waals surface area (Å²) in [6, 6.07) is 13.4. The highest BCUT2D eigenvalue weighted by atomic mass is 32.1. The van der Waals surface area contributed by atoms with E-state index in [1.54, 1.807) is 22.8 Å². The first-order chi connectivity index (χ1) is 13.0. The number of carboxylic acids is 1. The summed E-state index contributed by atoms with van der Waals surface area (Å²) in [5.41, 5.74) is 2.11. The molecule has 0 radical (unpaired) electrons. The van der Waals surface area contributed by atoms with Crippen molar-refractivity contribution in [2.24, 2.45) is 13.0 Å². The highest BCUT2D eigenvalue weighted by Gasteiger charge is 2.41. The lowest BCUT2D eigenvalue weighted by molar-refractivity contribution is -0.141. The van der Waals surface area contributed by atoms with E-state index >= 15 is 0 Å². The second-order valence-electron chi connectivity index (χ2n) is 6.71. The zero-order valence-corrected chi connectivity index (χ0v) is 15.6. The normalized spacial score (nSPS) is 19.4. The number of benzene rings is 1. The Morgan fingerprint density at radius 1 is 1.15 bits per heavy atom. The zero-order valence-electron chi connectivity index (χ0n) is 14.8. The van der Waals surface area contributed by atoms with Crippen molar-refractivity contribution in [3.63, 3.8) is 0 Å². The number of rotatable bonds is 4. The second kappa shape index (κ2) is 7.00. The Labute approximate surface area is 160 Å². The van der Waals surface area contributed by atoms with Gasteiger partial charge in [0, 0.05) is 32.3 Å². The predicted octanol–water partition coefficient (Wildman–Crippen LogP) is 3.09. The number of thiophene rings is 1. The van der Waals surface area contributed by atoms with E-state index < -0.39 is 11.9 Å². The van der Waals surface area contributed by atoms with Crippen LogP contribution >= 0.6 is 11.3 Å². The Bertz CT molecular complexity index is 966. The SMILES string of the molecule is Cn1cc(C(=O)N2C[C@H](C(=O)O)[C@H](c3ccccc3)C2)c(-c2cccs2)n1. The summed E-state index contributed by atoms with van der Waals surface area (Å²) >= 11 is 1.53. The predicted molar refractivity (Wildman–Crippen MR) is 103 cm³/mol. The number of carbonyl (C=O) groups is 2. The number of carbonyl (C=O) groups excluding carboxylic acids is 1. The lowest BCUT2D eigenvalue weighted by Gasteiger charge is -2.16. The quantitative estimate of drug-likeness (QED) is 0.754. The third-order valence-electron chi connectivity index (χ3n) is 4.97. The van der Waals surface area contributed by atoms with Crippen LogP contribution in [0.25, 0.3) is 10.6 Å². The van der Waals surface area contributed by atoms with Crippen LogP contribution in [0.1, 0.15) is 21.8 Å². The van der Waals surface area contributed by atoms with E-state index in [4.69, 9.17) is 0 Å². The molecule has 6 nitrogen and oxygen atoms in total. The molecule has 1 fully saturated rings. The van der Waals surface area contributed by atoms with Crippen LogP contribution in [0.4, 0.5) is 0 Å². The molecule has 0 bridgehead atoms. The van der Waals surface area contributed by atoms with Gasteiger partial charge in [0.1, 0.15) is 5.69 Å². The van der Waals surface area contributed by atoms with E-state index in [1.165, 1.54) is 11.3 Å². The molecule has 2 aromatic heterocycles. The van der Waals surface area contributed by atoms with Crippen molar-refractivity contribution in [1.29, 1.82) is 0 Å². The smallest absolute Gasteiger partial charge is 0.308 e. The molecule has 3 heterocycles. The van der Waals surface area contributed by atoms with Crippen LogP contribution in [0.15, 0.2) is 54.0 Å². The van der Waals surface area contributed by atoms with Crippen molar-refractivity contribution in [2.75, 3.05) is 13.1 Å². The maximum atomic E-state index is 13.2. The highest BCUT2D eigenvalue weighted by Crippen LogP contribution is 2.35. The Hall–Kier alpha value is -2.93. The van der Waals surface area contributed by atoms with Crippen molar-refractivity contribution in [3.05, 3.63) is 65.2 Å². The van der Waals surface area contributed by atoms with Gasteiger partial charge in [0.2, 0.25) is 0 Å². The number of hydrogen-bond donors (Lipinski definition) is 1. The number of aromatic nitrogens is 2. The monoisotopic (exact) mass is 381 g/mol. The van der Waals surface area contributed by atoms with Crippen LogP contribution < -0.4 is 0 Å². The summed E-state index contributed by atoms with van der Waals surface area (Å²) < 4.78 is 1.63. The molecule has 0 spiro atoms. The number of aryl methyl sites for hydroxylation is 1. The first-order valence-corrected chi connectivity index (χ1v) is 9.57. The van der Waals surface area contributed by atoms with Crippen LogP contribution in [-0.4, -0.2) is 44.8 Å². The second-order valence-corrected chi connectivity index (χ2v) is 7.66. The Balaban J connectivity index is 1.65. The van der Waals surface area contributed by atoms with Gasteiger partial charge >= 0.3 is 5.97 Å². The number of nitrogens with zero attached hydrogens (tertiary/aromatic N) is 3. The number of amides is 1. The van der Waals surface area contributed by atoms with Gasteiger partial charge in [0.05, 0.1) is 16.4 Å². The molecule has 4 rings (SSSR count). The maximum absolute atomic E-state index is 13.2. The fraction of sp³-hybridized carbons (Fsp3) is 0.250. The van der Waals surface area contributed by atoms with Gasteiger partial charge in [-0.15, -0.1) is 11.3 Å². The molecule has 27 heavy (non-hydrogen) atoms. The van der Waals surface area contributed by atoms with Gasteiger partial charge in [-0.1, -0.05) is 36.4 Å². The molecule has 2 atom stereocenters. The van der Waals surface area contributed by atoms with Gasteiger partial charge in [-0.25, -0.2) is 0 Å². The average molecular weight is 381 g/mol. The molecule has 7 heteroatoms. The van der Waals surface area contributed by atoms with E-state index in [1.807, 2.05) is 47.8 Å². The number of aliphatic carboxylic acids is 1. The maximum Gasteiger partial charge on any atom is 0.308 e. The number of likely N-dealkylation sites (tertiary alicyclic amines) is 1. The van der Waals surface area contributed by atoms with Crippen molar-refractivity contribution < 1.29 is 14.7 Å². The molecule has 1 saturated heterocycles. The summed E-state index contributed by atoms with van der Waals surface area (Å²) in [6.45, 7) is 0.588. The first-order valence-electron chi connectivity index (χ1n) is 8.69. The minimum absolute atomic E-state index is 0.170. The molecule has 0 unspecified atom stereocenters. The highest BCUT2D eigenvalue weighted by molar-refractivity contribution is 7.13. The lowest BCUT2D eigenvalue weighted by atomic mass is 9.89. The topological polar surface area (TPSA) is 75.4 Å². The molecule has 1 amide bonds. The van der Waals surface area contributed by atoms with Crippen LogP contribution in [0, 0.1) is 5.92 Å². The third-order valence-corrected chi connectivity index (χ3v) is 5.84. The van der Waals surface area contributed by atoms with Crippen molar-refractivity contribution in [3.8, 4) is 10.6 Å².